The van der Waals surface area contributed by atoms with Crippen LogP contribution in [0.4, 0.5) is 0 Å². The summed E-state index contributed by atoms with van der Waals surface area (Å²) in [5, 5.41) is 0. The van der Waals surface area contributed by atoms with Crippen molar-refractivity contribution >= 4 is 0 Å². The Morgan fingerprint density at radius 1 is 0.906 bits per heavy atom. The summed E-state index contributed by atoms with van der Waals surface area (Å²) >= 11 is 0. The van der Waals surface area contributed by atoms with Gasteiger partial charge in [0.2, 0.25) is 0 Å². The molecule has 2 fully saturated rings. The third kappa shape index (κ3) is 3.37. The summed E-state index contributed by atoms with van der Waals surface area (Å²) in [7, 11) is 0. The molecule has 0 saturated carbocycles. The summed E-state index contributed by atoms with van der Waals surface area (Å²) in [4.78, 5) is 7.50. The lowest BCUT2D eigenvalue weighted by Gasteiger charge is -2.55. The SMILES string of the molecule is Cc1nc(-c2cccc(-c3ccc4c(c3)OCCO4)c2C)ccc1CN1CC2(COC2)C1. The number of pyridine rings is 1. The number of rotatable bonds is 4. The van der Waals surface area contributed by atoms with Crippen molar-refractivity contribution in [1.82, 2.24) is 9.88 Å². The quantitative estimate of drug-likeness (QED) is 0.606. The van der Waals surface area contributed by atoms with E-state index in [2.05, 4.69) is 61.2 Å². The molecule has 4 heterocycles. The summed E-state index contributed by atoms with van der Waals surface area (Å²) in [5.74, 6) is 1.64. The number of likely N-dealkylation sites (tertiary alicyclic amines) is 1. The molecule has 164 valence electrons. The van der Waals surface area contributed by atoms with Crippen molar-refractivity contribution in [3.8, 4) is 33.9 Å². The third-order valence-corrected chi connectivity index (χ3v) is 6.99. The molecule has 0 N–H and O–H groups in total. The van der Waals surface area contributed by atoms with Crippen molar-refractivity contribution < 1.29 is 14.2 Å². The van der Waals surface area contributed by atoms with Gasteiger partial charge in [-0.05, 0) is 54.3 Å². The highest BCUT2D eigenvalue weighted by Gasteiger charge is 2.48. The first-order valence-electron chi connectivity index (χ1n) is 11.4. The van der Waals surface area contributed by atoms with Gasteiger partial charge in [0.15, 0.2) is 11.5 Å². The Morgan fingerprint density at radius 2 is 1.69 bits per heavy atom. The summed E-state index contributed by atoms with van der Waals surface area (Å²) < 4.78 is 16.9. The Labute approximate surface area is 188 Å². The molecule has 0 unspecified atom stereocenters. The average Bonchev–Trinajstić information content (AvgIpc) is 2.75. The molecule has 0 amide bonds. The molecule has 6 rings (SSSR count). The molecule has 0 radical (unpaired) electrons. The van der Waals surface area contributed by atoms with Gasteiger partial charge in [-0.1, -0.05) is 30.3 Å². The lowest BCUT2D eigenvalue weighted by molar-refractivity contribution is -0.191. The van der Waals surface area contributed by atoms with Gasteiger partial charge in [0.1, 0.15) is 13.2 Å². The summed E-state index contributed by atoms with van der Waals surface area (Å²) in [6.45, 7) is 10.6. The first kappa shape index (κ1) is 19.8. The maximum atomic E-state index is 5.79. The van der Waals surface area contributed by atoms with Crippen molar-refractivity contribution in [3.05, 3.63) is 65.4 Å². The Bertz CT molecular complexity index is 1180. The fourth-order valence-electron chi connectivity index (χ4n) is 5.17. The van der Waals surface area contributed by atoms with Crippen LogP contribution in [0.25, 0.3) is 22.4 Å². The van der Waals surface area contributed by atoms with Gasteiger partial charge >= 0.3 is 0 Å². The third-order valence-electron chi connectivity index (χ3n) is 6.99. The second-order valence-corrected chi connectivity index (χ2v) is 9.42. The zero-order chi connectivity index (χ0) is 21.7. The normalized spacial score (nSPS) is 18.8. The van der Waals surface area contributed by atoms with Gasteiger partial charge in [-0.25, -0.2) is 0 Å². The summed E-state index contributed by atoms with van der Waals surface area (Å²) in [5.41, 5.74) is 8.61. The molecule has 1 spiro atoms. The number of nitrogens with zero attached hydrogens (tertiary/aromatic N) is 2. The Kier molecular flexibility index (Phi) is 4.70. The zero-order valence-corrected chi connectivity index (χ0v) is 18.7. The standard InChI is InChI=1S/C27H28N2O3/c1-18-22(20-7-9-25-26(12-20)32-11-10-31-25)4-3-5-23(18)24-8-6-21(19(2)28-24)13-29-14-27(15-29)16-30-17-27/h3-9,12H,10-11,13-17H2,1-2H3. The molecule has 32 heavy (non-hydrogen) atoms. The van der Waals surface area contributed by atoms with Crippen LogP contribution in [-0.2, 0) is 11.3 Å². The molecule has 3 aliphatic rings. The van der Waals surface area contributed by atoms with E-state index in [1.54, 1.807) is 0 Å². The van der Waals surface area contributed by atoms with Crippen LogP contribution in [0.3, 0.4) is 0 Å². The Morgan fingerprint density at radius 3 is 2.44 bits per heavy atom. The molecule has 0 bridgehead atoms. The number of benzene rings is 2. The van der Waals surface area contributed by atoms with E-state index in [4.69, 9.17) is 19.2 Å². The molecule has 1 aromatic heterocycles. The van der Waals surface area contributed by atoms with Gasteiger partial charge in [-0.3, -0.25) is 9.88 Å². The Balaban J connectivity index is 1.26. The van der Waals surface area contributed by atoms with Gasteiger partial charge in [0.05, 0.1) is 18.9 Å². The highest BCUT2D eigenvalue weighted by atomic mass is 16.6. The predicted octanol–water partition coefficient (Wildman–Crippen LogP) is 4.64. The maximum Gasteiger partial charge on any atom is 0.161 e. The smallest absolute Gasteiger partial charge is 0.161 e. The monoisotopic (exact) mass is 428 g/mol. The van der Waals surface area contributed by atoms with Crippen molar-refractivity contribution in [2.24, 2.45) is 5.41 Å². The van der Waals surface area contributed by atoms with Crippen LogP contribution in [0.2, 0.25) is 0 Å². The van der Waals surface area contributed by atoms with Crippen LogP contribution in [0.5, 0.6) is 11.5 Å². The van der Waals surface area contributed by atoms with Gasteiger partial charge in [0, 0.05) is 36.3 Å². The van der Waals surface area contributed by atoms with Crippen LogP contribution >= 0.6 is 0 Å². The molecule has 5 nitrogen and oxygen atoms in total. The second-order valence-electron chi connectivity index (χ2n) is 9.42. The number of hydrogen-bond acceptors (Lipinski definition) is 5. The maximum absolute atomic E-state index is 5.79. The van der Waals surface area contributed by atoms with Crippen LogP contribution in [0.1, 0.15) is 16.8 Å². The number of ether oxygens (including phenoxy) is 3. The molecule has 3 aliphatic heterocycles. The van der Waals surface area contributed by atoms with E-state index >= 15 is 0 Å². The van der Waals surface area contributed by atoms with E-state index < -0.39 is 0 Å². The Hall–Kier alpha value is -2.89. The first-order valence-corrected chi connectivity index (χ1v) is 11.4. The van der Waals surface area contributed by atoms with E-state index in [0.29, 0.717) is 18.6 Å². The minimum Gasteiger partial charge on any atom is -0.486 e. The minimum absolute atomic E-state index is 0.451. The van der Waals surface area contributed by atoms with Gasteiger partial charge in [0.25, 0.3) is 0 Å². The number of aromatic nitrogens is 1. The van der Waals surface area contributed by atoms with Crippen molar-refractivity contribution in [2.45, 2.75) is 20.4 Å². The van der Waals surface area contributed by atoms with Gasteiger partial charge in [-0.2, -0.15) is 0 Å². The van der Waals surface area contributed by atoms with Crippen LogP contribution < -0.4 is 9.47 Å². The average molecular weight is 429 g/mol. The van der Waals surface area contributed by atoms with E-state index in [-0.39, 0.29) is 0 Å². The topological polar surface area (TPSA) is 43.8 Å². The van der Waals surface area contributed by atoms with Crippen LogP contribution in [0, 0.1) is 19.3 Å². The van der Waals surface area contributed by atoms with Crippen LogP contribution in [-0.4, -0.2) is 49.4 Å². The van der Waals surface area contributed by atoms with E-state index in [9.17, 15) is 0 Å². The predicted molar refractivity (Wildman–Crippen MR) is 124 cm³/mol. The fraction of sp³-hybridized carbons (Fsp3) is 0.370. The lowest BCUT2D eigenvalue weighted by atomic mass is 9.78. The molecule has 3 aromatic rings. The van der Waals surface area contributed by atoms with Crippen molar-refractivity contribution in [1.29, 1.82) is 0 Å². The lowest BCUT2D eigenvalue weighted by Crippen LogP contribution is -2.65. The fourth-order valence-corrected chi connectivity index (χ4v) is 5.17. The van der Waals surface area contributed by atoms with Gasteiger partial charge in [-0.15, -0.1) is 0 Å². The van der Waals surface area contributed by atoms with Crippen molar-refractivity contribution in [2.75, 3.05) is 39.5 Å². The molecule has 5 heteroatoms. The number of fused-ring (bicyclic) bond motifs is 1. The van der Waals surface area contributed by atoms with Crippen LogP contribution in [0.15, 0.2) is 48.5 Å². The van der Waals surface area contributed by atoms with E-state index in [1.807, 2.05) is 6.07 Å². The minimum atomic E-state index is 0.451. The van der Waals surface area contributed by atoms with Gasteiger partial charge < -0.3 is 14.2 Å². The molecular weight excluding hydrogens is 400 g/mol. The largest absolute Gasteiger partial charge is 0.486 e. The molecule has 2 aromatic carbocycles. The van der Waals surface area contributed by atoms with E-state index in [1.165, 1.54) is 22.3 Å². The molecule has 0 atom stereocenters. The molecule has 2 saturated heterocycles. The summed E-state index contributed by atoms with van der Waals surface area (Å²) in [6, 6.07) is 17.0. The first-order chi connectivity index (χ1) is 15.6. The zero-order valence-electron chi connectivity index (χ0n) is 18.7. The molecule has 0 aliphatic carbocycles. The molecular formula is C27H28N2O3. The second kappa shape index (κ2) is 7.61. The highest BCUT2D eigenvalue weighted by molar-refractivity contribution is 5.78. The van der Waals surface area contributed by atoms with Crippen molar-refractivity contribution in [3.63, 3.8) is 0 Å². The summed E-state index contributed by atoms with van der Waals surface area (Å²) in [6.07, 6.45) is 0. The van der Waals surface area contributed by atoms with E-state index in [0.717, 1.165) is 61.3 Å². The highest BCUT2D eigenvalue weighted by Crippen LogP contribution is 2.39. The number of hydrogen-bond donors (Lipinski definition) is 0. The number of aryl methyl sites for hydroxylation is 1.